The fraction of sp³-hybridized carbons (Fsp3) is 0.529. The van der Waals surface area contributed by atoms with Crippen LogP contribution in [0.5, 0.6) is 0 Å². The number of nitrogens with zero attached hydrogens (tertiary/aromatic N) is 2. The van der Waals surface area contributed by atoms with Gasteiger partial charge in [-0.2, -0.15) is 13.2 Å². The van der Waals surface area contributed by atoms with E-state index in [4.69, 9.17) is 9.84 Å². The second-order valence-electron chi connectivity index (χ2n) is 6.72. The van der Waals surface area contributed by atoms with Gasteiger partial charge >= 0.3 is 18.4 Å². The quantitative estimate of drug-likeness (QED) is 0.797. The molecule has 1 unspecified atom stereocenters. The van der Waals surface area contributed by atoms with E-state index >= 15 is 0 Å². The van der Waals surface area contributed by atoms with Crippen LogP contribution in [0.2, 0.25) is 0 Å². The summed E-state index contributed by atoms with van der Waals surface area (Å²) in [5.41, 5.74) is -2.30. The predicted molar refractivity (Wildman–Crippen MR) is 84.6 cm³/mol. The number of rotatable bonds is 4. The van der Waals surface area contributed by atoms with Gasteiger partial charge in [0.15, 0.2) is 0 Å². The first kappa shape index (κ1) is 19.2. The number of alkyl halides is 3. The van der Waals surface area contributed by atoms with Crippen molar-refractivity contribution in [3.63, 3.8) is 0 Å². The van der Waals surface area contributed by atoms with Gasteiger partial charge in [0.25, 0.3) is 0 Å². The summed E-state index contributed by atoms with van der Waals surface area (Å²) < 4.78 is 57.6. The van der Waals surface area contributed by atoms with Gasteiger partial charge in [0.1, 0.15) is 5.82 Å². The minimum atomic E-state index is -4.86. The predicted octanol–water partition coefficient (Wildman–Crippen LogP) is 3.65. The highest BCUT2D eigenvalue weighted by molar-refractivity contribution is 5.71. The number of carbonyl (C=O) groups excluding carboxylic acids is 1. The standard InChI is InChI=1S/C17H18F4N2O4/c1-27-15(26)23(9-11-4-7-22(11)14(24)25)16(5-6-16)10-2-3-13(18)12(8-10)17(19,20)21/h2-3,8,11H,4-7,9H2,1H3,(H,24,25). The molecule has 1 N–H and O–H groups in total. The molecule has 0 radical (unpaired) electrons. The summed E-state index contributed by atoms with van der Waals surface area (Å²) in [7, 11) is 1.15. The first-order valence-electron chi connectivity index (χ1n) is 8.32. The van der Waals surface area contributed by atoms with Gasteiger partial charge in [-0.3, -0.25) is 4.90 Å². The summed E-state index contributed by atoms with van der Waals surface area (Å²) in [5.74, 6) is -1.39. The molecule has 6 nitrogen and oxygen atoms in total. The molecule has 1 atom stereocenters. The molecule has 1 aliphatic heterocycles. The third kappa shape index (κ3) is 3.40. The molecule has 1 aromatic rings. The van der Waals surface area contributed by atoms with Crippen molar-refractivity contribution in [1.82, 2.24) is 9.80 Å². The Bertz CT molecular complexity index is 764. The van der Waals surface area contributed by atoms with Crippen LogP contribution in [-0.2, 0) is 16.5 Å². The lowest BCUT2D eigenvalue weighted by Crippen LogP contribution is -2.58. The molecule has 3 rings (SSSR count). The Morgan fingerprint density at radius 1 is 1.37 bits per heavy atom. The molecule has 0 spiro atoms. The Labute approximate surface area is 152 Å². The first-order valence-corrected chi connectivity index (χ1v) is 8.32. The van der Waals surface area contributed by atoms with Crippen LogP contribution < -0.4 is 0 Å². The number of hydrogen-bond donors (Lipinski definition) is 1. The first-order chi connectivity index (χ1) is 12.6. The molecule has 2 amide bonds. The van der Waals surface area contributed by atoms with E-state index in [0.29, 0.717) is 31.9 Å². The van der Waals surface area contributed by atoms with Gasteiger partial charge < -0.3 is 14.7 Å². The van der Waals surface area contributed by atoms with E-state index in [1.165, 1.54) is 11.0 Å². The maximum atomic E-state index is 13.6. The summed E-state index contributed by atoms with van der Waals surface area (Å²) in [6, 6.07) is 2.22. The summed E-state index contributed by atoms with van der Waals surface area (Å²) in [6.07, 6.45) is -5.45. The van der Waals surface area contributed by atoms with E-state index in [1.807, 2.05) is 0 Å². The van der Waals surface area contributed by atoms with Crippen LogP contribution in [0.1, 0.15) is 30.4 Å². The third-order valence-electron chi connectivity index (χ3n) is 5.23. The number of halogens is 4. The molecule has 1 saturated carbocycles. The van der Waals surface area contributed by atoms with Crippen LogP contribution >= 0.6 is 0 Å². The number of likely N-dealkylation sites (tertiary alicyclic amines) is 1. The Balaban J connectivity index is 1.93. The van der Waals surface area contributed by atoms with Crippen molar-refractivity contribution in [2.24, 2.45) is 0 Å². The van der Waals surface area contributed by atoms with Crippen LogP contribution in [0.15, 0.2) is 18.2 Å². The van der Waals surface area contributed by atoms with E-state index in [0.717, 1.165) is 18.1 Å². The Hall–Kier alpha value is -2.52. The number of methoxy groups -OCH3 is 1. The van der Waals surface area contributed by atoms with Crippen molar-refractivity contribution in [1.29, 1.82) is 0 Å². The zero-order valence-corrected chi connectivity index (χ0v) is 14.4. The normalized spacial score (nSPS) is 20.6. The molecule has 27 heavy (non-hydrogen) atoms. The molecule has 1 aliphatic carbocycles. The zero-order valence-electron chi connectivity index (χ0n) is 14.4. The average Bonchev–Trinajstić information content (AvgIpc) is 3.34. The van der Waals surface area contributed by atoms with Gasteiger partial charge in [-0.25, -0.2) is 14.0 Å². The zero-order chi connectivity index (χ0) is 20.0. The monoisotopic (exact) mass is 390 g/mol. The molecular weight excluding hydrogens is 372 g/mol. The average molecular weight is 390 g/mol. The van der Waals surface area contributed by atoms with Crippen LogP contribution in [0, 0.1) is 5.82 Å². The Kier molecular flexibility index (Phi) is 4.69. The Morgan fingerprint density at radius 3 is 2.48 bits per heavy atom. The van der Waals surface area contributed by atoms with Crippen molar-refractivity contribution < 1.29 is 37.0 Å². The molecule has 10 heteroatoms. The largest absolute Gasteiger partial charge is 0.465 e. The lowest BCUT2D eigenvalue weighted by atomic mass is 9.97. The van der Waals surface area contributed by atoms with Gasteiger partial charge in [0, 0.05) is 13.1 Å². The summed E-state index contributed by atoms with van der Waals surface area (Å²) in [4.78, 5) is 25.9. The summed E-state index contributed by atoms with van der Waals surface area (Å²) in [6.45, 7) is 0.328. The van der Waals surface area contributed by atoms with E-state index in [2.05, 4.69) is 0 Å². The van der Waals surface area contributed by atoms with Gasteiger partial charge in [0.2, 0.25) is 0 Å². The molecule has 0 bridgehead atoms. The van der Waals surface area contributed by atoms with Crippen LogP contribution in [0.25, 0.3) is 0 Å². The van der Waals surface area contributed by atoms with Crippen molar-refractivity contribution in [3.8, 4) is 0 Å². The van der Waals surface area contributed by atoms with Gasteiger partial charge in [-0.1, -0.05) is 6.07 Å². The van der Waals surface area contributed by atoms with Crippen molar-refractivity contribution >= 4 is 12.2 Å². The highest BCUT2D eigenvalue weighted by atomic mass is 19.4. The fourth-order valence-electron chi connectivity index (χ4n) is 3.49. The van der Waals surface area contributed by atoms with Crippen molar-refractivity contribution in [2.75, 3.05) is 20.2 Å². The topological polar surface area (TPSA) is 70.1 Å². The molecule has 148 valence electrons. The molecule has 2 aliphatic rings. The summed E-state index contributed by atoms with van der Waals surface area (Å²) in [5, 5.41) is 9.13. The van der Waals surface area contributed by atoms with E-state index in [-0.39, 0.29) is 12.1 Å². The molecule has 2 fully saturated rings. The minimum absolute atomic E-state index is 0.00228. The lowest BCUT2D eigenvalue weighted by molar-refractivity contribution is -0.140. The number of hydrogen-bond acceptors (Lipinski definition) is 3. The van der Waals surface area contributed by atoms with Crippen LogP contribution in [-0.4, -0.2) is 53.3 Å². The molecule has 1 aromatic carbocycles. The summed E-state index contributed by atoms with van der Waals surface area (Å²) >= 11 is 0. The second kappa shape index (κ2) is 6.58. The molecule has 0 aromatic heterocycles. The second-order valence-corrected chi connectivity index (χ2v) is 6.72. The van der Waals surface area contributed by atoms with Crippen molar-refractivity contribution in [2.45, 2.75) is 37.0 Å². The van der Waals surface area contributed by atoms with E-state index in [9.17, 15) is 27.2 Å². The van der Waals surface area contributed by atoms with Gasteiger partial charge in [-0.15, -0.1) is 0 Å². The molecule has 1 saturated heterocycles. The van der Waals surface area contributed by atoms with Crippen LogP contribution in [0.4, 0.5) is 27.2 Å². The smallest absolute Gasteiger partial charge is 0.419 e. The number of ether oxygens (including phenoxy) is 1. The van der Waals surface area contributed by atoms with Crippen LogP contribution in [0.3, 0.4) is 0 Å². The maximum Gasteiger partial charge on any atom is 0.419 e. The Morgan fingerprint density at radius 2 is 2.04 bits per heavy atom. The SMILES string of the molecule is COC(=O)N(CC1CCN1C(=O)O)C1(c2ccc(F)c(C(F)(F)F)c2)CC1. The number of benzene rings is 1. The van der Waals surface area contributed by atoms with Gasteiger partial charge in [-0.05, 0) is 37.0 Å². The number of amides is 2. The molecule has 1 heterocycles. The minimum Gasteiger partial charge on any atom is -0.465 e. The lowest BCUT2D eigenvalue weighted by Gasteiger charge is -2.43. The third-order valence-corrected chi connectivity index (χ3v) is 5.23. The number of carbonyl (C=O) groups is 2. The van der Waals surface area contributed by atoms with E-state index < -0.39 is 41.3 Å². The number of carboxylic acid groups (broad SMARTS) is 1. The van der Waals surface area contributed by atoms with Crippen molar-refractivity contribution in [3.05, 3.63) is 35.1 Å². The molecular formula is C17H18F4N2O4. The van der Waals surface area contributed by atoms with E-state index in [1.54, 1.807) is 0 Å². The fourth-order valence-corrected chi connectivity index (χ4v) is 3.49. The highest BCUT2D eigenvalue weighted by Crippen LogP contribution is 2.52. The highest BCUT2D eigenvalue weighted by Gasteiger charge is 2.54. The van der Waals surface area contributed by atoms with Gasteiger partial charge in [0.05, 0.1) is 24.3 Å². The maximum absolute atomic E-state index is 13.6.